The molecular formula is C12H17NO. The van der Waals surface area contributed by atoms with Gasteiger partial charge in [-0.3, -0.25) is 0 Å². The van der Waals surface area contributed by atoms with Crippen LogP contribution in [-0.4, -0.2) is 13.7 Å². The smallest absolute Gasteiger partial charge is 0.141 e. The summed E-state index contributed by atoms with van der Waals surface area (Å²) in [6.45, 7) is 6.64. The van der Waals surface area contributed by atoms with Crippen LogP contribution in [0.4, 0.5) is 5.69 Å². The fourth-order valence-electron chi connectivity index (χ4n) is 1.27. The van der Waals surface area contributed by atoms with Crippen molar-refractivity contribution in [2.45, 2.75) is 13.3 Å². The number of ether oxygens (including phenoxy) is 1. The van der Waals surface area contributed by atoms with Crippen LogP contribution in [0.3, 0.4) is 0 Å². The Kier molecular flexibility index (Phi) is 4.05. The Morgan fingerprint density at radius 1 is 1.50 bits per heavy atom. The quantitative estimate of drug-likeness (QED) is 0.570. The topological polar surface area (TPSA) is 21.3 Å². The number of methoxy groups -OCH3 is 1. The molecule has 0 aliphatic rings. The lowest BCUT2D eigenvalue weighted by atomic mass is 10.2. The standard InChI is InChI=1S/C12H17NO/c1-4-5-8-13-11-9-10(2)6-7-12(11)14-3/h4,6-7,9,13H,1,5,8H2,2-3H3. The molecule has 2 heteroatoms. The third-order valence-electron chi connectivity index (χ3n) is 2.02. The molecule has 0 aromatic heterocycles. The van der Waals surface area contributed by atoms with Crippen LogP contribution in [0.15, 0.2) is 30.9 Å². The minimum atomic E-state index is 0.889. The highest BCUT2D eigenvalue weighted by Crippen LogP contribution is 2.24. The molecule has 0 aliphatic heterocycles. The van der Waals surface area contributed by atoms with Crippen molar-refractivity contribution < 1.29 is 4.74 Å². The largest absolute Gasteiger partial charge is 0.495 e. The molecule has 1 rings (SSSR count). The summed E-state index contributed by atoms with van der Waals surface area (Å²) in [6.07, 6.45) is 2.85. The van der Waals surface area contributed by atoms with Gasteiger partial charge in [0.05, 0.1) is 12.8 Å². The molecule has 0 fully saturated rings. The average Bonchev–Trinajstić information content (AvgIpc) is 2.19. The lowest BCUT2D eigenvalue weighted by molar-refractivity contribution is 0.416. The highest BCUT2D eigenvalue weighted by Gasteiger charge is 2.00. The fourth-order valence-corrected chi connectivity index (χ4v) is 1.27. The molecule has 14 heavy (non-hydrogen) atoms. The Morgan fingerprint density at radius 2 is 2.29 bits per heavy atom. The monoisotopic (exact) mass is 191 g/mol. The van der Waals surface area contributed by atoms with Gasteiger partial charge in [-0.25, -0.2) is 0 Å². The molecule has 1 N–H and O–H groups in total. The zero-order valence-electron chi connectivity index (χ0n) is 8.84. The number of aryl methyl sites for hydroxylation is 1. The summed E-state index contributed by atoms with van der Waals surface area (Å²) in [5.41, 5.74) is 2.28. The van der Waals surface area contributed by atoms with E-state index in [1.165, 1.54) is 5.56 Å². The summed E-state index contributed by atoms with van der Waals surface area (Å²) in [4.78, 5) is 0. The Labute approximate surface area is 85.6 Å². The van der Waals surface area contributed by atoms with Crippen LogP contribution in [0.25, 0.3) is 0 Å². The molecular weight excluding hydrogens is 174 g/mol. The van der Waals surface area contributed by atoms with Gasteiger partial charge in [-0.1, -0.05) is 12.1 Å². The molecule has 0 saturated carbocycles. The first-order chi connectivity index (χ1) is 6.77. The van der Waals surface area contributed by atoms with Crippen LogP contribution >= 0.6 is 0 Å². The number of benzene rings is 1. The summed E-state index contributed by atoms with van der Waals surface area (Å²) >= 11 is 0. The van der Waals surface area contributed by atoms with Crippen LogP contribution in [-0.2, 0) is 0 Å². The molecule has 0 unspecified atom stereocenters. The van der Waals surface area contributed by atoms with Gasteiger partial charge in [-0.2, -0.15) is 0 Å². The zero-order valence-corrected chi connectivity index (χ0v) is 8.84. The summed E-state index contributed by atoms with van der Waals surface area (Å²) in [5.74, 6) is 0.889. The molecule has 0 bridgehead atoms. The molecule has 0 atom stereocenters. The predicted octanol–water partition coefficient (Wildman–Crippen LogP) is 2.99. The molecule has 0 heterocycles. The first-order valence-corrected chi connectivity index (χ1v) is 4.77. The second-order valence-electron chi connectivity index (χ2n) is 3.21. The summed E-state index contributed by atoms with van der Waals surface area (Å²) in [6, 6.07) is 6.10. The van der Waals surface area contributed by atoms with Gasteiger partial charge in [0.25, 0.3) is 0 Å². The first-order valence-electron chi connectivity index (χ1n) is 4.77. The van der Waals surface area contributed by atoms with Gasteiger partial charge < -0.3 is 10.1 Å². The molecule has 76 valence electrons. The molecule has 2 nitrogen and oxygen atoms in total. The third kappa shape index (κ3) is 2.80. The van der Waals surface area contributed by atoms with Crippen LogP contribution in [0.1, 0.15) is 12.0 Å². The highest BCUT2D eigenvalue weighted by molar-refractivity contribution is 5.57. The Bertz CT molecular complexity index is 307. The minimum Gasteiger partial charge on any atom is -0.495 e. The van der Waals surface area contributed by atoms with Gasteiger partial charge in [0.1, 0.15) is 5.75 Å². The number of nitrogens with one attached hydrogen (secondary N) is 1. The van der Waals surface area contributed by atoms with Crippen molar-refractivity contribution in [2.75, 3.05) is 19.0 Å². The van der Waals surface area contributed by atoms with Crippen molar-refractivity contribution in [3.63, 3.8) is 0 Å². The maximum absolute atomic E-state index is 5.24. The lowest BCUT2D eigenvalue weighted by Crippen LogP contribution is -2.02. The molecule has 0 amide bonds. The van der Waals surface area contributed by atoms with Crippen molar-refractivity contribution in [1.82, 2.24) is 0 Å². The summed E-state index contributed by atoms with van der Waals surface area (Å²) in [7, 11) is 1.68. The normalized spacial score (nSPS) is 9.57. The van der Waals surface area contributed by atoms with Crippen LogP contribution in [0.2, 0.25) is 0 Å². The maximum Gasteiger partial charge on any atom is 0.141 e. The van der Waals surface area contributed by atoms with Crippen LogP contribution < -0.4 is 10.1 Å². The van der Waals surface area contributed by atoms with Crippen LogP contribution in [0, 0.1) is 6.92 Å². The first kappa shape index (κ1) is 10.6. The van der Waals surface area contributed by atoms with E-state index in [0.717, 1.165) is 24.4 Å². The van der Waals surface area contributed by atoms with Gasteiger partial charge >= 0.3 is 0 Å². The van der Waals surface area contributed by atoms with Crippen molar-refractivity contribution in [3.05, 3.63) is 36.4 Å². The van der Waals surface area contributed by atoms with Crippen LogP contribution in [0.5, 0.6) is 5.75 Å². The van der Waals surface area contributed by atoms with E-state index in [-0.39, 0.29) is 0 Å². The van der Waals surface area contributed by atoms with Crippen molar-refractivity contribution in [1.29, 1.82) is 0 Å². The molecule has 1 aromatic carbocycles. The summed E-state index contributed by atoms with van der Waals surface area (Å²) < 4.78 is 5.24. The SMILES string of the molecule is C=CCCNc1cc(C)ccc1OC. The number of hydrogen-bond acceptors (Lipinski definition) is 2. The van der Waals surface area contributed by atoms with E-state index in [9.17, 15) is 0 Å². The number of anilines is 1. The minimum absolute atomic E-state index is 0.889. The zero-order chi connectivity index (χ0) is 10.4. The van der Waals surface area contributed by atoms with E-state index < -0.39 is 0 Å². The molecule has 0 aliphatic carbocycles. The molecule has 0 spiro atoms. The van der Waals surface area contributed by atoms with Gasteiger partial charge in [0, 0.05) is 6.54 Å². The van der Waals surface area contributed by atoms with Gasteiger partial charge in [-0.15, -0.1) is 6.58 Å². The molecule has 1 aromatic rings. The van der Waals surface area contributed by atoms with E-state index in [1.54, 1.807) is 7.11 Å². The molecule has 0 radical (unpaired) electrons. The van der Waals surface area contributed by atoms with E-state index >= 15 is 0 Å². The third-order valence-corrected chi connectivity index (χ3v) is 2.02. The molecule has 0 saturated heterocycles. The van der Waals surface area contributed by atoms with E-state index in [2.05, 4.69) is 24.9 Å². The van der Waals surface area contributed by atoms with Gasteiger partial charge in [-0.05, 0) is 31.0 Å². The predicted molar refractivity (Wildman–Crippen MR) is 61.0 cm³/mol. The number of rotatable bonds is 5. The van der Waals surface area contributed by atoms with E-state index in [1.807, 2.05) is 18.2 Å². The second kappa shape index (κ2) is 5.32. The second-order valence-corrected chi connectivity index (χ2v) is 3.21. The highest BCUT2D eigenvalue weighted by atomic mass is 16.5. The average molecular weight is 191 g/mol. The Morgan fingerprint density at radius 3 is 2.93 bits per heavy atom. The van der Waals surface area contributed by atoms with Crippen molar-refractivity contribution in [2.24, 2.45) is 0 Å². The van der Waals surface area contributed by atoms with E-state index in [0.29, 0.717) is 0 Å². The van der Waals surface area contributed by atoms with Crippen molar-refractivity contribution >= 4 is 5.69 Å². The van der Waals surface area contributed by atoms with Gasteiger partial charge in [0.2, 0.25) is 0 Å². The number of hydrogen-bond donors (Lipinski definition) is 1. The summed E-state index contributed by atoms with van der Waals surface area (Å²) in [5, 5.41) is 3.31. The van der Waals surface area contributed by atoms with Crippen molar-refractivity contribution in [3.8, 4) is 5.75 Å². The Hall–Kier alpha value is -1.44. The van der Waals surface area contributed by atoms with E-state index in [4.69, 9.17) is 4.74 Å². The fraction of sp³-hybridized carbons (Fsp3) is 0.333. The lowest BCUT2D eigenvalue weighted by Gasteiger charge is -2.10. The Balaban J connectivity index is 2.71. The van der Waals surface area contributed by atoms with Gasteiger partial charge in [0.15, 0.2) is 0 Å². The maximum atomic E-state index is 5.24.